The fraction of sp³-hybridized carbons (Fsp3) is 0.440. The average molecular weight is 540 g/mol. The van der Waals surface area contributed by atoms with Gasteiger partial charge in [-0.15, -0.1) is 0 Å². The molecule has 0 aromatic heterocycles. The van der Waals surface area contributed by atoms with Gasteiger partial charge in [-0.05, 0) is 30.7 Å². The van der Waals surface area contributed by atoms with Gasteiger partial charge in [-0.2, -0.15) is 0 Å². The molecule has 2 aromatic carbocycles. The Hall–Kier alpha value is -2.80. The van der Waals surface area contributed by atoms with E-state index in [1.807, 2.05) is 0 Å². The first kappa shape index (κ1) is 28.8. The number of anilines is 1. The van der Waals surface area contributed by atoms with Gasteiger partial charge in [0.1, 0.15) is 5.82 Å². The lowest BCUT2D eigenvalue weighted by molar-refractivity contribution is -0.0326. The number of ether oxygens (including phenoxy) is 2. The molecule has 0 spiro atoms. The molecule has 1 fully saturated rings. The summed E-state index contributed by atoms with van der Waals surface area (Å²) in [6.07, 6.45) is -0.313. The molecule has 2 aromatic rings. The first-order valence-corrected chi connectivity index (χ1v) is 12.1. The first-order valence-electron chi connectivity index (χ1n) is 11.7. The Labute approximate surface area is 218 Å². The summed E-state index contributed by atoms with van der Waals surface area (Å²) in [5.41, 5.74) is 3.86. The number of aliphatic hydroxyl groups is 3. The van der Waals surface area contributed by atoms with Gasteiger partial charge in [0, 0.05) is 26.2 Å². The monoisotopic (exact) mass is 539 g/mol. The second-order valence-electron chi connectivity index (χ2n) is 8.70. The number of aliphatic hydroxyl groups excluding tert-OH is 2. The van der Waals surface area contributed by atoms with Gasteiger partial charge in [-0.25, -0.2) is 4.39 Å². The van der Waals surface area contributed by atoms with Crippen LogP contribution >= 0.6 is 11.6 Å². The van der Waals surface area contributed by atoms with E-state index in [9.17, 15) is 29.3 Å². The van der Waals surface area contributed by atoms with Crippen molar-refractivity contribution >= 4 is 29.0 Å². The van der Waals surface area contributed by atoms with Crippen LogP contribution in [0.4, 0.5) is 10.1 Å². The number of ketones is 1. The number of amides is 1. The summed E-state index contributed by atoms with van der Waals surface area (Å²) in [5, 5.41) is 31.5. The van der Waals surface area contributed by atoms with Gasteiger partial charge >= 0.3 is 0 Å². The SMILES string of the molecule is CCOc1c(C(=O)NC[C@@H]2CN(Cc3ccc(F)cc3)CCO2)cc(Cl)c(C(=O)C(O)(CO)CO)c1N. The molecule has 1 aliphatic heterocycles. The largest absolute Gasteiger partial charge is 0.491 e. The standard InChI is InChI=1S/C25H31ClFN3O7/c1-2-36-22-18(9-19(26)20(21(22)28)23(33)25(35,13-31)14-32)24(34)29-10-17-12-30(7-8-37-17)11-15-3-5-16(27)6-4-15/h3-6,9,17,31-32,35H,2,7-8,10-14,28H2,1H3,(H,29,34)/t17-/m1/s1. The van der Waals surface area contributed by atoms with Crippen LogP contribution in [0.15, 0.2) is 30.3 Å². The number of nitrogen functional groups attached to an aromatic ring is 1. The number of carbonyl (C=O) groups excluding carboxylic acids is 2. The summed E-state index contributed by atoms with van der Waals surface area (Å²) in [6, 6.07) is 7.45. The Kier molecular flexibility index (Phi) is 9.82. The molecule has 1 saturated heterocycles. The normalized spacial score (nSPS) is 16.4. The number of nitrogens with one attached hydrogen (secondary N) is 1. The zero-order chi connectivity index (χ0) is 27.2. The molecule has 0 saturated carbocycles. The fourth-order valence-electron chi connectivity index (χ4n) is 3.97. The molecule has 0 bridgehead atoms. The Morgan fingerprint density at radius 1 is 1.30 bits per heavy atom. The van der Waals surface area contributed by atoms with Gasteiger partial charge in [-0.1, -0.05) is 23.7 Å². The summed E-state index contributed by atoms with van der Waals surface area (Å²) in [6.45, 7) is 2.08. The number of Topliss-reactive ketones (excluding diaryl/α,β-unsaturated/α-hetero) is 1. The number of halogens is 2. The van der Waals surface area contributed by atoms with Gasteiger partial charge in [0.05, 0.1) is 54.4 Å². The number of rotatable bonds is 11. The van der Waals surface area contributed by atoms with Crippen LogP contribution in [0.5, 0.6) is 5.75 Å². The third kappa shape index (κ3) is 6.75. The van der Waals surface area contributed by atoms with E-state index >= 15 is 0 Å². The molecule has 0 unspecified atom stereocenters. The van der Waals surface area contributed by atoms with Crippen LogP contribution in [0.2, 0.25) is 5.02 Å². The molecule has 12 heteroatoms. The summed E-state index contributed by atoms with van der Waals surface area (Å²) >= 11 is 6.25. The lowest BCUT2D eigenvalue weighted by atomic mass is 9.92. The highest BCUT2D eigenvalue weighted by atomic mass is 35.5. The smallest absolute Gasteiger partial charge is 0.255 e. The van der Waals surface area contributed by atoms with Crippen LogP contribution < -0.4 is 15.8 Å². The van der Waals surface area contributed by atoms with Gasteiger partial charge < -0.3 is 35.8 Å². The quantitative estimate of drug-likeness (QED) is 0.208. The minimum absolute atomic E-state index is 0.0311. The van der Waals surface area contributed by atoms with Crippen molar-refractivity contribution in [3.8, 4) is 5.75 Å². The summed E-state index contributed by atoms with van der Waals surface area (Å²) in [7, 11) is 0. The zero-order valence-corrected chi connectivity index (χ0v) is 21.1. The predicted molar refractivity (Wildman–Crippen MR) is 134 cm³/mol. The van der Waals surface area contributed by atoms with Gasteiger partial charge in [-0.3, -0.25) is 14.5 Å². The topological polar surface area (TPSA) is 155 Å². The van der Waals surface area contributed by atoms with Gasteiger partial charge in [0.25, 0.3) is 5.91 Å². The van der Waals surface area contributed by atoms with Crippen molar-refractivity contribution < 1.29 is 38.8 Å². The molecule has 1 amide bonds. The summed E-state index contributed by atoms with van der Waals surface area (Å²) in [4.78, 5) is 28.0. The Morgan fingerprint density at radius 2 is 1.97 bits per heavy atom. The van der Waals surface area contributed by atoms with E-state index in [2.05, 4.69) is 10.2 Å². The van der Waals surface area contributed by atoms with Crippen molar-refractivity contribution in [2.24, 2.45) is 0 Å². The number of nitrogens with zero attached hydrogens (tertiary/aromatic N) is 1. The van der Waals surface area contributed by atoms with Crippen molar-refractivity contribution in [1.82, 2.24) is 10.2 Å². The molecule has 1 heterocycles. The maximum atomic E-state index is 13.2. The fourth-order valence-corrected chi connectivity index (χ4v) is 4.27. The number of carbonyl (C=O) groups is 2. The Morgan fingerprint density at radius 3 is 2.59 bits per heavy atom. The van der Waals surface area contributed by atoms with Crippen molar-refractivity contribution in [3.05, 3.63) is 57.9 Å². The van der Waals surface area contributed by atoms with Crippen LogP contribution in [-0.2, 0) is 11.3 Å². The molecule has 10 nitrogen and oxygen atoms in total. The Bertz CT molecular complexity index is 1110. The maximum absolute atomic E-state index is 13.2. The van der Waals surface area contributed by atoms with Gasteiger partial charge in [0.15, 0.2) is 11.4 Å². The zero-order valence-electron chi connectivity index (χ0n) is 20.4. The molecule has 0 radical (unpaired) electrons. The first-order chi connectivity index (χ1) is 17.6. The van der Waals surface area contributed by atoms with Crippen LogP contribution in [0.1, 0.15) is 33.2 Å². The molecule has 202 valence electrons. The van der Waals surface area contributed by atoms with E-state index in [-0.39, 0.29) is 52.7 Å². The van der Waals surface area contributed by atoms with Crippen molar-refractivity contribution in [1.29, 1.82) is 0 Å². The second kappa shape index (κ2) is 12.6. The number of morpholine rings is 1. The molecule has 3 rings (SSSR count). The molecular weight excluding hydrogens is 509 g/mol. The van der Waals surface area contributed by atoms with E-state index in [1.54, 1.807) is 19.1 Å². The van der Waals surface area contributed by atoms with Crippen LogP contribution in [0, 0.1) is 5.82 Å². The lowest BCUT2D eigenvalue weighted by Crippen LogP contribution is -2.47. The van der Waals surface area contributed by atoms with Crippen molar-refractivity contribution in [2.45, 2.75) is 25.2 Å². The molecule has 6 N–H and O–H groups in total. The van der Waals surface area contributed by atoms with Crippen LogP contribution in [0.25, 0.3) is 0 Å². The number of benzene rings is 2. The highest BCUT2D eigenvalue weighted by Gasteiger charge is 2.39. The molecule has 1 aliphatic rings. The third-order valence-corrected chi connectivity index (χ3v) is 6.31. The van der Waals surface area contributed by atoms with Crippen LogP contribution in [-0.4, -0.2) is 89.7 Å². The van der Waals surface area contributed by atoms with Crippen LogP contribution in [0.3, 0.4) is 0 Å². The lowest BCUT2D eigenvalue weighted by Gasteiger charge is -2.33. The summed E-state index contributed by atoms with van der Waals surface area (Å²) < 4.78 is 24.5. The molecular formula is C25H31ClFN3O7. The molecule has 37 heavy (non-hydrogen) atoms. The summed E-state index contributed by atoms with van der Waals surface area (Å²) in [5.74, 6) is -2.10. The highest BCUT2D eigenvalue weighted by Crippen LogP contribution is 2.37. The van der Waals surface area contributed by atoms with Crippen molar-refractivity contribution in [3.63, 3.8) is 0 Å². The molecule has 0 aliphatic carbocycles. The van der Waals surface area contributed by atoms with E-state index in [1.165, 1.54) is 18.2 Å². The highest BCUT2D eigenvalue weighted by molar-refractivity contribution is 6.36. The third-order valence-electron chi connectivity index (χ3n) is 6.01. The van der Waals surface area contributed by atoms with E-state index in [4.69, 9.17) is 26.8 Å². The number of hydrogen-bond acceptors (Lipinski definition) is 9. The minimum atomic E-state index is -2.51. The maximum Gasteiger partial charge on any atom is 0.255 e. The Balaban J connectivity index is 1.73. The number of hydrogen-bond donors (Lipinski definition) is 5. The minimum Gasteiger partial charge on any atom is -0.491 e. The predicted octanol–water partition coefficient (Wildman–Crippen LogP) is 0.989. The van der Waals surface area contributed by atoms with E-state index in [0.717, 1.165) is 5.56 Å². The van der Waals surface area contributed by atoms with E-state index in [0.29, 0.717) is 26.2 Å². The average Bonchev–Trinajstić information content (AvgIpc) is 2.89. The second-order valence-corrected chi connectivity index (χ2v) is 9.11. The van der Waals surface area contributed by atoms with Gasteiger partial charge in [0.2, 0.25) is 5.78 Å². The molecule has 1 atom stereocenters. The van der Waals surface area contributed by atoms with E-state index < -0.39 is 30.5 Å². The van der Waals surface area contributed by atoms with Crippen molar-refractivity contribution in [2.75, 3.05) is 51.8 Å². The number of nitrogens with two attached hydrogens (primary N) is 1.